The van der Waals surface area contributed by atoms with Crippen molar-refractivity contribution in [1.29, 1.82) is 0 Å². The lowest BCUT2D eigenvalue weighted by Crippen LogP contribution is -2.40. The van der Waals surface area contributed by atoms with Crippen LogP contribution in [0.3, 0.4) is 0 Å². The number of aliphatic hydroxyl groups is 1. The summed E-state index contributed by atoms with van der Waals surface area (Å²) in [4.78, 5) is 4.48. The minimum Gasteiger partial charge on any atom is -0.493 e. The number of guanidine groups is 1. The molecular formula is C17H25N3O3. The van der Waals surface area contributed by atoms with Crippen molar-refractivity contribution in [1.82, 2.24) is 5.32 Å². The van der Waals surface area contributed by atoms with E-state index in [2.05, 4.69) is 10.3 Å². The van der Waals surface area contributed by atoms with E-state index in [1.165, 1.54) is 0 Å². The van der Waals surface area contributed by atoms with Crippen molar-refractivity contribution in [3.63, 3.8) is 0 Å². The summed E-state index contributed by atoms with van der Waals surface area (Å²) in [5.41, 5.74) is 6.99. The molecule has 1 fully saturated rings. The summed E-state index contributed by atoms with van der Waals surface area (Å²) in [6.07, 6.45) is 2.49. The van der Waals surface area contributed by atoms with Crippen LogP contribution in [0.4, 0.5) is 0 Å². The zero-order chi connectivity index (χ0) is 16.1. The molecule has 0 aromatic heterocycles. The van der Waals surface area contributed by atoms with Crippen LogP contribution in [0.25, 0.3) is 0 Å². The number of hydrogen-bond donors (Lipinski definition) is 3. The molecule has 3 rings (SSSR count). The van der Waals surface area contributed by atoms with Crippen LogP contribution in [0.5, 0.6) is 5.75 Å². The van der Waals surface area contributed by atoms with E-state index in [4.69, 9.17) is 15.2 Å². The van der Waals surface area contributed by atoms with Crippen LogP contribution in [0.1, 0.15) is 30.9 Å². The first-order chi connectivity index (χ1) is 11.2. The van der Waals surface area contributed by atoms with Crippen LogP contribution in [0.15, 0.2) is 29.3 Å². The number of nitrogens with two attached hydrogens (primary N) is 1. The molecule has 0 radical (unpaired) electrons. The van der Waals surface area contributed by atoms with E-state index in [9.17, 15) is 5.11 Å². The number of para-hydroxylation sites is 1. The van der Waals surface area contributed by atoms with Gasteiger partial charge in [0.2, 0.25) is 0 Å². The quantitative estimate of drug-likeness (QED) is 0.573. The molecule has 1 atom stereocenters. The van der Waals surface area contributed by atoms with Gasteiger partial charge in [0, 0.05) is 30.6 Å². The zero-order valence-electron chi connectivity index (χ0n) is 13.3. The highest BCUT2D eigenvalue weighted by molar-refractivity contribution is 5.78. The van der Waals surface area contributed by atoms with E-state index in [1.807, 2.05) is 24.3 Å². The van der Waals surface area contributed by atoms with Crippen LogP contribution in [0, 0.1) is 5.41 Å². The third kappa shape index (κ3) is 3.76. The summed E-state index contributed by atoms with van der Waals surface area (Å²) in [5, 5.41) is 13.0. The van der Waals surface area contributed by atoms with E-state index < -0.39 is 0 Å². The summed E-state index contributed by atoms with van der Waals surface area (Å²) < 4.78 is 11.0. The molecule has 0 saturated carbocycles. The molecule has 0 spiro atoms. The van der Waals surface area contributed by atoms with Crippen molar-refractivity contribution in [3.05, 3.63) is 29.8 Å². The molecule has 0 amide bonds. The Bertz CT molecular complexity index is 556. The molecule has 6 nitrogen and oxygen atoms in total. The number of fused-ring (bicyclic) bond motifs is 1. The lowest BCUT2D eigenvalue weighted by Gasteiger charge is -2.34. The van der Waals surface area contributed by atoms with Crippen LogP contribution in [0.2, 0.25) is 0 Å². The highest BCUT2D eigenvalue weighted by Crippen LogP contribution is 2.32. The average Bonchev–Trinajstić information content (AvgIpc) is 2.61. The second-order valence-electron chi connectivity index (χ2n) is 6.34. The molecule has 2 aliphatic heterocycles. The molecule has 0 aliphatic carbocycles. The molecular weight excluding hydrogens is 294 g/mol. The van der Waals surface area contributed by atoms with Gasteiger partial charge in [0.05, 0.1) is 25.8 Å². The summed E-state index contributed by atoms with van der Waals surface area (Å²) in [5.74, 6) is 1.33. The Hall–Kier alpha value is -1.79. The highest BCUT2D eigenvalue weighted by atomic mass is 16.5. The summed E-state index contributed by atoms with van der Waals surface area (Å²) in [7, 11) is 0. The number of hydrogen-bond acceptors (Lipinski definition) is 4. The normalized spacial score (nSPS) is 23.7. The number of nitrogens with zero attached hydrogens (tertiary/aromatic N) is 1. The van der Waals surface area contributed by atoms with Crippen molar-refractivity contribution < 1.29 is 14.6 Å². The maximum atomic E-state index is 9.70. The van der Waals surface area contributed by atoms with Gasteiger partial charge in [-0.1, -0.05) is 18.2 Å². The largest absolute Gasteiger partial charge is 0.493 e. The Kier molecular flexibility index (Phi) is 5.03. The molecule has 1 aromatic rings. The fourth-order valence-electron chi connectivity index (χ4n) is 3.14. The SMILES string of the molecule is NC(=NCC1(CO)CCOCC1)NC1CCOc2ccccc21. The fourth-order valence-corrected chi connectivity index (χ4v) is 3.14. The first-order valence-electron chi connectivity index (χ1n) is 8.19. The van der Waals surface area contributed by atoms with Crippen molar-refractivity contribution in [3.8, 4) is 5.75 Å². The minimum atomic E-state index is -0.196. The molecule has 6 heteroatoms. The first kappa shape index (κ1) is 16.1. The predicted octanol–water partition coefficient (Wildman–Crippen LogP) is 1.20. The van der Waals surface area contributed by atoms with Gasteiger partial charge in [0.1, 0.15) is 5.75 Å². The molecule has 2 heterocycles. The van der Waals surface area contributed by atoms with E-state index in [0.717, 1.165) is 30.6 Å². The van der Waals surface area contributed by atoms with Crippen LogP contribution in [-0.2, 0) is 4.74 Å². The van der Waals surface area contributed by atoms with Gasteiger partial charge >= 0.3 is 0 Å². The summed E-state index contributed by atoms with van der Waals surface area (Å²) in [6, 6.07) is 8.10. The Morgan fingerprint density at radius 1 is 1.30 bits per heavy atom. The molecule has 126 valence electrons. The van der Waals surface area contributed by atoms with Crippen molar-refractivity contribution in [2.45, 2.75) is 25.3 Å². The Labute approximate surface area is 136 Å². The monoisotopic (exact) mass is 319 g/mol. The molecule has 1 saturated heterocycles. The van der Waals surface area contributed by atoms with Crippen molar-refractivity contribution in [2.75, 3.05) is 33.0 Å². The average molecular weight is 319 g/mol. The standard InChI is InChI=1S/C17H25N3O3/c18-16(19-11-17(12-21)6-9-22-10-7-17)20-14-5-8-23-15-4-2-1-3-13(14)15/h1-4,14,21H,5-12H2,(H3,18,19,20). The van der Waals surface area contributed by atoms with Gasteiger partial charge in [-0.3, -0.25) is 4.99 Å². The van der Waals surface area contributed by atoms with Crippen LogP contribution in [-0.4, -0.2) is 44.0 Å². The minimum absolute atomic E-state index is 0.114. The number of rotatable bonds is 4. The fraction of sp³-hybridized carbons (Fsp3) is 0.588. The number of ether oxygens (including phenoxy) is 2. The van der Waals surface area contributed by atoms with Gasteiger partial charge in [-0.25, -0.2) is 0 Å². The second-order valence-corrected chi connectivity index (χ2v) is 6.34. The topological polar surface area (TPSA) is 89.1 Å². The number of benzene rings is 1. The van der Waals surface area contributed by atoms with Crippen LogP contribution < -0.4 is 15.8 Å². The molecule has 2 aliphatic rings. The van der Waals surface area contributed by atoms with Gasteiger partial charge in [-0.2, -0.15) is 0 Å². The maximum absolute atomic E-state index is 9.70. The lowest BCUT2D eigenvalue weighted by molar-refractivity contribution is -0.0106. The molecule has 0 bridgehead atoms. The highest BCUT2D eigenvalue weighted by Gasteiger charge is 2.32. The molecule has 23 heavy (non-hydrogen) atoms. The lowest BCUT2D eigenvalue weighted by atomic mass is 9.81. The maximum Gasteiger partial charge on any atom is 0.189 e. The summed E-state index contributed by atoms with van der Waals surface area (Å²) >= 11 is 0. The smallest absolute Gasteiger partial charge is 0.189 e. The van der Waals surface area contributed by atoms with Gasteiger partial charge in [0.25, 0.3) is 0 Å². The van der Waals surface area contributed by atoms with Gasteiger partial charge in [0.15, 0.2) is 5.96 Å². The van der Waals surface area contributed by atoms with Crippen LogP contribution >= 0.6 is 0 Å². The van der Waals surface area contributed by atoms with E-state index in [0.29, 0.717) is 32.3 Å². The Morgan fingerprint density at radius 3 is 2.87 bits per heavy atom. The summed E-state index contributed by atoms with van der Waals surface area (Å²) in [6.45, 7) is 2.66. The predicted molar refractivity (Wildman–Crippen MR) is 88.5 cm³/mol. The number of nitrogens with one attached hydrogen (secondary N) is 1. The van der Waals surface area contributed by atoms with E-state index in [1.54, 1.807) is 0 Å². The zero-order valence-corrected chi connectivity index (χ0v) is 13.3. The van der Waals surface area contributed by atoms with Gasteiger partial charge in [-0.05, 0) is 18.9 Å². The van der Waals surface area contributed by atoms with Crippen molar-refractivity contribution in [2.24, 2.45) is 16.1 Å². The third-order valence-electron chi connectivity index (χ3n) is 4.75. The third-order valence-corrected chi connectivity index (χ3v) is 4.75. The second kappa shape index (κ2) is 7.19. The Morgan fingerprint density at radius 2 is 2.09 bits per heavy atom. The van der Waals surface area contributed by atoms with E-state index in [-0.39, 0.29) is 18.1 Å². The molecule has 4 N–H and O–H groups in total. The molecule has 1 unspecified atom stereocenters. The Balaban J connectivity index is 1.64. The molecule has 1 aromatic carbocycles. The van der Waals surface area contributed by atoms with Gasteiger partial charge < -0.3 is 25.6 Å². The van der Waals surface area contributed by atoms with Gasteiger partial charge in [-0.15, -0.1) is 0 Å². The first-order valence-corrected chi connectivity index (χ1v) is 8.19. The van der Waals surface area contributed by atoms with E-state index >= 15 is 0 Å². The van der Waals surface area contributed by atoms with Crippen molar-refractivity contribution >= 4 is 5.96 Å². The number of aliphatic hydroxyl groups excluding tert-OH is 1. The number of aliphatic imine (C=N–C) groups is 1.